The van der Waals surface area contributed by atoms with E-state index in [4.69, 9.17) is 0 Å². The summed E-state index contributed by atoms with van der Waals surface area (Å²) >= 11 is 1.65. The van der Waals surface area contributed by atoms with Crippen molar-refractivity contribution >= 4 is 28.6 Å². The molecule has 23 heavy (non-hydrogen) atoms. The van der Waals surface area contributed by atoms with Crippen molar-refractivity contribution in [3.8, 4) is 0 Å². The third-order valence-electron chi connectivity index (χ3n) is 3.32. The first-order valence-electron chi connectivity index (χ1n) is 6.47. The van der Waals surface area contributed by atoms with E-state index in [-0.39, 0.29) is 6.42 Å². The molecular formula is C12H16F5IO5. The lowest BCUT2D eigenvalue weighted by Crippen LogP contribution is -2.65. The first kappa shape index (κ1) is 20.8. The molecule has 0 bridgehead atoms. The zero-order chi connectivity index (χ0) is 18.1. The lowest BCUT2D eigenvalue weighted by atomic mass is 9.94. The third kappa shape index (κ3) is 3.42. The summed E-state index contributed by atoms with van der Waals surface area (Å²) in [4.78, 5) is 11.7. The average molecular weight is 462 g/mol. The number of methoxy groups -OCH3 is 1. The van der Waals surface area contributed by atoms with Crippen LogP contribution in [0.5, 0.6) is 0 Å². The number of esters is 1. The normalized spacial score (nSPS) is 31.9. The molecule has 0 N–H and O–H groups in total. The Hall–Kier alpha value is -0.270. The second kappa shape index (κ2) is 6.92. The van der Waals surface area contributed by atoms with E-state index < -0.39 is 46.8 Å². The van der Waals surface area contributed by atoms with Gasteiger partial charge in [-0.3, -0.25) is 4.79 Å². The molecule has 0 spiro atoms. The highest BCUT2D eigenvalue weighted by Crippen LogP contribution is 2.56. The van der Waals surface area contributed by atoms with Gasteiger partial charge < -0.3 is 18.9 Å². The maximum Gasteiger partial charge on any atom is 0.450 e. The molecule has 1 aliphatic heterocycles. The summed E-state index contributed by atoms with van der Waals surface area (Å²) < 4.78 is 85.4. The second-order valence-electron chi connectivity index (χ2n) is 5.06. The monoisotopic (exact) mass is 462 g/mol. The van der Waals surface area contributed by atoms with Gasteiger partial charge in [-0.2, -0.15) is 22.0 Å². The van der Waals surface area contributed by atoms with Gasteiger partial charge in [0.1, 0.15) is 10.7 Å². The largest absolute Gasteiger partial charge is 0.450 e. The molecule has 0 aromatic heterocycles. The minimum absolute atomic E-state index is 0.270. The molecule has 3 atom stereocenters. The zero-order valence-electron chi connectivity index (χ0n) is 12.5. The molecule has 0 radical (unpaired) electrons. The summed E-state index contributed by atoms with van der Waals surface area (Å²) in [6, 6.07) is 0. The molecule has 1 rings (SSSR count). The smallest absolute Gasteiger partial charge is 0.449 e. The quantitative estimate of drug-likeness (QED) is 0.200. The minimum atomic E-state index is -5.58. The Morgan fingerprint density at radius 2 is 1.96 bits per heavy atom. The summed E-state index contributed by atoms with van der Waals surface area (Å²) in [5.41, 5.74) is -2.83. The first-order valence-corrected chi connectivity index (χ1v) is 7.71. The van der Waals surface area contributed by atoms with Crippen molar-refractivity contribution in [3.05, 3.63) is 0 Å². The van der Waals surface area contributed by atoms with E-state index in [0.29, 0.717) is 6.92 Å². The highest BCUT2D eigenvalue weighted by Gasteiger charge is 2.84. The zero-order valence-corrected chi connectivity index (χ0v) is 14.7. The van der Waals surface area contributed by atoms with Crippen LogP contribution in [-0.2, 0) is 23.7 Å². The predicted octanol–water partition coefficient (Wildman–Crippen LogP) is 3.05. The number of hydrogen-bond donors (Lipinski definition) is 0. The number of alkyl halides is 6. The van der Waals surface area contributed by atoms with E-state index >= 15 is 0 Å². The van der Waals surface area contributed by atoms with Gasteiger partial charge in [0.05, 0.1) is 6.61 Å². The molecule has 1 fully saturated rings. The predicted molar refractivity (Wildman–Crippen MR) is 75.2 cm³/mol. The van der Waals surface area contributed by atoms with Crippen molar-refractivity contribution in [1.82, 2.24) is 0 Å². The van der Waals surface area contributed by atoms with Gasteiger partial charge in [0, 0.05) is 7.11 Å². The van der Waals surface area contributed by atoms with Crippen LogP contribution in [0.15, 0.2) is 0 Å². The fourth-order valence-electron chi connectivity index (χ4n) is 1.93. The fourth-order valence-corrected chi connectivity index (χ4v) is 2.06. The number of ether oxygens (including phenoxy) is 4. The van der Waals surface area contributed by atoms with Gasteiger partial charge in [-0.05, 0) is 13.3 Å². The van der Waals surface area contributed by atoms with Crippen molar-refractivity contribution < 1.29 is 45.7 Å². The molecule has 0 aromatic carbocycles. The van der Waals surface area contributed by atoms with Crippen LogP contribution in [0, 0.1) is 0 Å². The fraction of sp³-hybridized carbons (Fsp3) is 0.917. The first-order chi connectivity index (χ1) is 10.4. The highest BCUT2D eigenvalue weighted by molar-refractivity contribution is 14.1. The Labute approximate surface area is 142 Å². The van der Waals surface area contributed by atoms with Crippen LogP contribution >= 0.6 is 22.6 Å². The van der Waals surface area contributed by atoms with Crippen molar-refractivity contribution in [2.75, 3.05) is 20.5 Å². The van der Waals surface area contributed by atoms with Gasteiger partial charge in [-0.15, -0.1) is 0 Å². The average Bonchev–Trinajstić information content (AvgIpc) is 2.64. The molecule has 0 aromatic rings. The summed E-state index contributed by atoms with van der Waals surface area (Å²) in [7, 11) is 0.971. The molecule has 136 valence electrons. The van der Waals surface area contributed by atoms with E-state index in [2.05, 4.69) is 18.9 Å². The number of rotatable bonds is 6. The van der Waals surface area contributed by atoms with Gasteiger partial charge in [0.15, 0.2) is 0 Å². The maximum absolute atomic E-state index is 14.6. The molecule has 5 nitrogen and oxygen atoms in total. The molecule has 0 amide bonds. The SMILES string of the molecule is CCC(I)C(=O)OC1(C)COC(OCOC)(C(F)(F)F)C1(F)F. The lowest BCUT2D eigenvalue weighted by Gasteiger charge is -2.38. The topological polar surface area (TPSA) is 54.0 Å². The number of carbonyl (C=O) groups is 1. The Balaban J connectivity index is 3.19. The Bertz CT molecular complexity index is 446. The molecular weight excluding hydrogens is 446 g/mol. The molecule has 1 heterocycles. The summed E-state index contributed by atoms with van der Waals surface area (Å²) in [5.74, 6) is -9.99. The van der Waals surface area contributed by atoms with E-state index in [9.17, 15) is 26.7 Å². The van der Waals surface area contributed by atoms with Gasteiger partial charge in [0.25, 0.3) is 0 Å². The number of halogens is 6. The van der Waals surface area contributed by atoms with Crippen molar-refractivity contribution in [2.24, 2.45) is 0 Å². The van der Waals surface area contributed by atoms with Crippen LogP contribution in [-0.4, -0.2) is 53.9 Å². The van der Waals surface area contributed by atoms with Gasteiger partial charge in [-0.1, -0.05) is 29.5 Å². The molecule has 3 unspecified atom stereocenters. The molecule has 0 saturated carbocycles. The third-order valence-corrected chi connectivity index (χ3v) is 4.71. The van der Waals surface area contributed by atoms with E-state index in [1.807, 2.05) is 0 Å². The Morgan fingerprint density at radius 1 is 1.39 bits per heavy atom. The Kier molecular flexibility index (Phi) is 6.25. The maximum atomic E-state index is 14.6. The van der Waals surface area contributed by atoms with Gasteiger partial charge >= 0.3 is 23.9 Å². The van der Waals surface area contributed by atoms with Crippen molar-refractivity contribution in [2.45, 2.75) is 47.7 Å². The number of hydrogen-bond acceptors (Lipinski definition) is 5. The van der Waals surface area contributed by atoms with Crippen LogP contribution in [0.25, 0.3) is 0 Å². The number of carbonyl (C=O) groups excluding carboxylic acids is 1. The summed E-state index contributed by atoms with van der Waals surface area (Å²) in [6.45, 7) is 0.0182. The Morgan fingerprint density at radius 3 is 2.39 bits per heavy atom. The molecule has 1 aliphatic rings. The second-order valence-corrected chi connectivity index (χ2v) is 6.56. The van der Waals surface area contributed by atoms with Crippen LogP contribution in [0.2, 0.25) is 0 Å². The van der Waals surface area contributed by atoms with Crippen LogP contribution in [0.3, 0.4) is 0 Å². The van der Waals surface area contributed by atoms with Crippen LogP contribution in [0.1, 0.15) is 20.3 Å². The summed E-state index contributed by atoms with van der Waals surface area (Å²) in [5, 5.41) is 0. The highest BCUT2D eigenvalue weighted by atomic mass is 127. The van der Waals surface area contributed by atoms with Gasteiger partial charge in [-0.25, -0.2) is 0 Å². The standard InChI is InChI=1S/C12H16F5IO5/c1-4-7(18)8(19)23-9(2)5-21-11(10(9,13)14,12(15,16)17)22-6-20-3/h7H,4-6H2,1-3H3. The van der Waals surface area contributed by atoms with Crippen LogP contribution in [0.4, 0.5) is 22.0 Å². The van der Waals surface area contributed by atoms with E-state index in [1.165, 1.54) is 0 Å². The van der Waals surface area contributed by atoms with Gasteiger partial charge in [0.2, 0.25) is 5.60 Å². The summed E-state index contributed by atoms with van der Waals surface area (Å²) in [6.07, 6.45) is -5.31. The van der Waals surface area contributed by atoms with Crippen molar-refractivity contribution in [1.29, 1.82) is 0 Å². The van der Waals surface area contributed by atoms with Crippen LogP contribution < -0.4 is 0 Å². The molecule has 1 saturated heterocycles. The minimum Gasteiger partial charge on any atom is -0.449 e. The van der Waals surface area contributed by atoms with Crippen molar-refractivity contribution in [3.63, 3.8) is 0 Å². The van der Waals surface area contributed by atoms with E-state index in [0.717, 1.165) is 7.11 Å². The molecule has 11 heteroatoms. The lowest BCUT2D eigenvalue weighted by molar-refractivity contribution is -0.433. The van der Waals surface area contributed by atoms with E-state index in [1.54, 1.807) is 29.5 Å². The molecule has 0 aliphatic carbocycles.